The summed E-state index contributed by atoms with van der Waals surface area (Å²) in [5, 5.41) is 20.3. The Labute approximate surface area is 82.4 Å². The van der Waals surface area contributed by atoms with Crippen LogP contribution in [-0.2, 0) is 0 Å². The number of azide groups is 1. The maximum atomic E-state index is 10.5. The molecule has 0 spiro atoms. The molecule has 15 heavy (non-hydrogen) atoms. The van der Waals surface area contributed by atoms with Crippen LogP contribution in [0.3, 0.4) is 0 Å². The van der Waals surface area contributed by atoms with Crippen LogP contribution in [0, 0.1) is 0 Å². The molecule has 1 aromatic rings. The van der Waals surface area contributed by atoms with Gasteiger partial charge in [-0.2, -0.15) is 0 Å². The van der Waals surface area contributed by atoms with E-state index in [0.29, 0.717) is 0 Å². The first-order valence-electron chi connectivity index (χ1n) is 3.58. The summed E-state index contributed by atoms with van der Waals surface area (Å²) < 4.78 is 0. The lowest BCUT2D eigenvalue weighted by Gasteiger charge is -1.98. The van der Waals surface area contributed by atoms with Gasteiger partial charge in [-0.1, -0.05) is 5.11 Å². The topological polar surface area (TPSA) is 136 Å². The first-order valence-corrected chi connectivity index (χ1v) is 3.58. The molecule has 0 fully saturated rings. The number of carboxylic acids is 2. The zero-order valence-electron chi connectivity index (χ0n) is 7.15. The van der Waals surface area contributed by atoms with Gasteiger partial charge in [0, 0.05) is 10.6 Å². The van der Waals surface area contributed by atoms with Gasteiger partial charge in [-0.15, -0.1) is 0 Å². The summed E-state index contributed by atoms with van der Waals surface area (Å²) in [7, 11) is 0. The molecule has 0 aliphatic heterocycles. The van der Waals surface area contributed by atoms with Crippen molar-refractivity contribution in [3.8, 4) is 0 Å². The maximum Gasteiger partial charge on any atom is 0.354 e. The van der Waals surface area contributed by atoms with Gasteiger partial charge in [0.2, 0.25) is 0 Å². The first-order chi connectivity index (χ1) is 7.04. The molecular formula is C7H4N4O4. The molecule has 1 aromatic heterocycles. The van der Waals surface area contributed by atoms with Crippen LogP contribution in [0.15, 0.2) is 17.2 Å². The number of hydrogen-bond donors (Lipinski definition) is 2. The molecule has 0 bridgehead atoms. The van der Waals surface area contributed by atoms with E-state index >= 15 is 0 Å². The second-order valence-electron chi connectivity index (χ2n) is 2.40. The lowest BCUT2D eigenvalue weighted by atomic mass is 10.2. The Hall–Kier alpha value is -2.60. The summed E-state index contributed by atoms with van der Waals surface area (Å²) in [6.45, 7) is 0. The largest absolute Gasteiger partial charge is 0.477 e. The summed E-state index contributed by atoms with van der Waals surface area (Å²) >= 11 is 0. The zero-order chi connectivity index (χ0) is 11.4. The second kappa shape index (κ2) is 4.07. The zero-order valence-corrected chi connectivity index (χ0v) is 7.15. The Balaban J connectivity index is 3.38. The highest BCUT2D eigenvalue weighted by Crippen LogP contribution is 2.15. The number of carbonyl (C=O) groups is 2. The standard InChI is InChI=1S/C7H4N4O4/c8-11-10-3-1-4(6(12)13)9-5(2-3)7(14)15/h1-2H,(H,12,13)(H,14,15). The van der Waals surface area contributed by atoms with E-state index in [4.69, 9.17) is 15.7 Å². The van der Waals surface area contributed by atoms with Crippen LogP contribution >= 0.6 is 0 Å². The maximum absolute atomic E-state index is 10.5. The smallest absolute Gasteiger partial charge is 0.354 e. The molecule has 0 saturated heterocycles. The summed E-state index contributed by atoms with van der Waals surface area (Å²) in [5.41, 5.74) is 7.04. The van der Waals surface area contributed by atoms with Crippen LogP contribution in [0.2, 0.25) is 0 Å². The van der Waals surface area contributed by atoms with Crippen molar-refractivity contribution in [2.75, 3.05) is 0 Å². The van der Waals surface area contributed by atoms with Crippen molar-refractivity contribution < 1.29 is 19.8 Å². The average molecular weight is 208 g/mol. The van der Waals surface area contributed by atoms with Crippen molar-refractivity contribution in [3.05, 3.63) is 34.0 Å². The molecule has 0 aliphatic rings. The second-order valence-corrected chi connectivity index (χ2v) is 2.40. The highest BCUT2D eigenvalue weighted by Gasteiger charge is 2.12. The van der Waals surface area contributed by atoms with Crippen molar-refractivity contribution in [1.29, 1.82) is 0 Å². The predicted octanol–water partition coefficient (Wildman–Crippen LogP) is 1.42. The minimum Gasteiger partial charge on any atom is -0.477 e. The summed E-state index contributed by atoms with van der Waals surface area (Å²) in [4.78, 5) is 26.8. The third kappa shape index (κ3) is 2.42. The number of rotatable bonds is 3. The molecule has 0 aliphatic carbocycles. The van der Waals surface area contributed by atoms with E-state index < -0.39 is 23.3 Å². The lowest BCUT2D eigenvalue weighted by Crippen LogP contribution is -2.06. The molecule has 76 valence electrons. The van der Waals surface area contributed by atoms with E-state index in [1.165, 1.54) is 0 Å². The Kier molecular flexibility index (Phi) is 2.85. The van der Waals surface area contributed by atoms with Gasteiger partial charge in [0.25, 0.3) is 0 Å². The van der Waals surface area contributed by atoms with E-state index in [-0.39, 0.29) is 5.69 Å². The number of carboxylic acid groups (broad SMARTS) is 2. The Morgan fingerprint density at radius 1 is 1.27 bits per heavy atom. The summed E-state index contributed by atoms with van der Waals surface area (Å²) in [5.74, 6) is -2.79. The van der Waals surface area contributed by atoms with E-state index in [1.54, 1.807) is 0 Å². The number of nitrogens with zero attached hydrogens (tertiary/aromatic N) is 4. The molecule has 1 heterocycles. The minimum atomic E-state index is -1.40. The van der Waals surface area contributed by atoms with Crippen molar-refractivity contribution in [2.45, 2.75) is 0 Å². The van der Waals surface area contributed by atoms with Crippen LogP contribution in [0.25, 0.3) is 10.4 Å². The third-order valence-electron chi connectivity index (χ3n) is 1.41. The normalized spacial score (nSPS) is 9.07. The van der Waals surface area contributed by atoms with E-state index in [0.717, 1.165) is 12.1 Å². The molecule has 2 N–H and O–H groups in total. The van der Waals surface area contributed by atoms with Gasteiger partial charge < -0.3 is 10.2 Å². The van der Waals surface area contributed by atoms with Gasteiger partial charge in [-0.25, -0.2) is 14.6 Å². The highest BCUT2D eigenvalue weighted by molar-refractivity contribution is 5.91. The summed E-state index contributed by atoms with van der Waals surface area (Å²) in [6, 6.07) is 1.96. The Morgan fingerprint density at radius 3 is 2.07 bits per heavy atom. The van der Waals surface area contributed by atoms with Crippen LogP contribution < -0.4 is 0 Å². The quantitative estimate of drug-likeness (QED) is 0.439. The van der Waals surface area contributed by atoms with Crippen LogP contribution in [-0.4, -0.2) is 27.1 Å². The molecule has 8 nitrogen and oxygen atoms in total. The van der Waals surface area contributed by atoms with Gasteiger partial charge in [0.05, 0.1) is 0 Å². The van der Waals surface area contributed by atoms with E-state index in [1.807, 2.05) is 0 Å². The van der Waals surface area contributed by atoms with Gasteiger partial charge >= 0.3 is 11.9 Å². The molecule has 8 heteroatoms. The molecule has 0 radical (unpaired) electrons. The highest BCUT2D eigenvalue weighted by atomic mass is 16.4. The van der Waals surface area contributed by atoms with Crippen molar-refractivity contribution >= 4 is 17.6 Å². The fraction of sp³-hybridized carbons (Fsp3) is 0. The van der Waals surface area contributed by atoms with Crippen molar-refractivity contribution in [2.24, 2.45) is 5.11 Å². The molecule has 0 aromatic carbocycles. The first kappa shape index (κ1) is 10.5. The molecule has 0 atom stereocenters. The predicted molar refractivity (Wildman–Crippen MR) is 47.0 cm³/mol. The molecule has 0 unspecified atom stereocenters. The van der Waals surface area contributed by atoms with Gasteiger partial charge in [0.15, 0.2) is 0 Å². The number of hydrogen-bond acceptors (Lipinski definition) is 4. The Bertz CT molecular complexity index is 415. The summed E-state index contributed by atoms with van der Waals surface area (Å²) in [6.07, 6.45) is 0. The number of pyridine rings is 1. The average Bonchev–Trinajstić information content (AvgIpc) is 2.17. The van der Waals surface area contributed by atoms with E-state index in [2.05, 4.69) is 15.0 Å². The lowest BCUT2D eigenvalue weighted by molar-refractivity contribution is 0.0685. The fourth-order valence-electron chi connectivity index (χ4n) is 0.845. The third-order valence-corrected chi connectivity index (χ3v) is 1.41. The number of aromatic nitrogens is 1. The van der Waals surface area contributed by atoms with Crippen LogP contribution in [0.5, 0.6) is 0 Å². The monoisotopic (exact) mass is 208 g/mol. The van der Waals surface area contributed by atoms with Gasteiger partial charge in [-0.05, 0) is 17.7 Å². The van der Waals surface area contributed by atoms with Crippen molar-refractivity contribution in [3.63, 3.8) is 0 Å². The SMILES string of the molecule is [N-]=[N+]=Nc1cc(C(=O)O)nc(C(=O)O)c1. The number of aromatic carboxylic acids is 2. The molecule has 0 amide bonds. The van der Waals surface area contributed by atoms with Gasteiger partial charge in [-0.3, -0.25) is 0 Å². The van der Waals surface area contributed by atoms with Crippen molar-refractivity contribution in [1.82, 2.24) is 4.98 Å². The molecular weight excluding hydrogens is 204 g/mol. The molecule has 0 saturated carbocycles. The Morgan fingerprint density at radius 2 is 1.73 bits per heavy atom. The van der Waals surface area contributed by atoms with E-state index in [9.17, 15) is 9.59 Å². The van der Waals surface area contributed by atoms with Crippen LogP contribution in [0.1, 0.15) is 21.0 Å². The van der Waals surface area contributed by atoms with Crippen LogP contribution in [0.4, 0.5) is 5.69 Å². The molecule has 1 rings (SSSR count). The minimum absolute atomic E-state index is 0.109. The van der Waals surface area contributed by atoms with Gasteiger partial charge in [0.1, 0.15) is 11.4 Å². The fourth-order valence-corrected chi connectivity index (χ4v) is 0.845.